The van der Waals surface area contributed by atoms with Crippen molar-refractivity contribution >= 4 is 22.5 Å². The number of urea groups is 1. The predicted octanol–water partition coefficient (Wildman–Crippen LogP) is 2.01. The van der Waals surface area contributed by atoms with Crippen LogP contribution < -0.4 is 10.9 Å². The van der Waals surface area contributed by atoms with Crippen LogP contribution in [-0.4, -0.2) is 34.9 Å². The molecule has 1 saturated heterocycles. The molecule has 7 heteroatoms. The summed E-state index contributed by atoms with van der Waals surface area (Å²) < 4.78 is 25.5. The average Bonchev–Trinajstić information content (AvgIpc) is 2.37. The van der Waals surface area contributed by atoms with Crippen molar-refractivity contribution in [3.05, 3.63) is 40.8 Å². The highest BCUT2D eigenvalue weighted by Crippen LogP contribution is 2.28. The summed E-state index contributed by atoms with van der Waals surface area (Å²) in [6.07, 6.45) is 1.47. The second kappa shape index (κ2) is 4.29. The van der Waals surface area contributed by atoms with E-state index in [2.05, 4.69) is 10.3 Å². The number of nitrogens with zero attached hydrogens (tertiary/aromatic N) is 1. The van der Waals surface area contributed by atoms with Crippen LogP contribution in [0.2, 0.25) is 0 Å². The average molecular weight is 279 g/mol. The smallest absolute Gasteiger partial charge is 0.322 e. The van der Waals surface area contributed by atoms with Crippen molar-refractivity contribution in [1.29, 1.82) is 0 Å². The summed E-state index contributed by atoms with van der Waals surface area (Å²) in [6.45, 7) is -1.16. The number of halogens is 2. The van der Waals surface area contributed by atoms with E-state index in [9.17, 15) is 18.4 Å². The molecule has 0 atom stereocenters. The highest BCUT2D eigenvalue weighted by molar-refractivity contribution is 6.01. The number of anilines is 1. The fourth-order valence-corrected chi connectivity index (χ4v) is 2.18. The Kier molecular flexibility index (Phi) is 2.70. The molecule has 0 radical (unpaired) electrons. The Morgan fingerprint density at radius 1 is 1.25 bits per heavy atom. The first kappa shape index (κ1) is 12.6. The van der Waals surface area contributed by atoms with Crippen LogP contribution in [0, 0.1) is 0 Å². The molecule has 0 spiro atoms. The standard InChI is InChI=1S/C13H11F2N3O2/c14-13(15)6-18(7-13)12(20)17-10-3-1-2-9-8(10)4-5-16-11(9)19/h1-5H,6-7H2,(H,16,19)(H,17,20). The minimum atomic E-state index is -2.80. The molecule has 1 aliphatic rings. The van der Waals surface area contributed by atoms with Crippen LogP contribution in [0.1, 0.15) is 0 Å². The molecule has 2 amide bonds. The molecule has 20 heavy (non-hydrogen) atoms. The zero-order valence-corrected chi connectivity index (χ0v) is 10.3. The van der Waals surface area contributed by atoms with Crippen LogP contribution in [0.4, 0.5) is 19.3 Å². The number of carbonyl (C=O) groups excluding carboxylic acids is 1. The number of fused-ring (bicyclic) bond motifs is 1. The van der Waals surface area contributed by atoms with Gasteiger partial charge < -0.3 is 15.2 Å². The third kappa shape index (κ3) is 2.11. The lowest BCUT2D eigenvalue weighted by Crippen LogP contribution is -2.59. The number of rotatable bonds is 1. The summed E-state index contributed by atoms with van der Waals surface area (Å²) >= 11 is 0. The minimum Gasteiger partial charge on any atom is -0.329 e. The number of hydrogen-bond donors (Lipinski definition) is 2. The van der Waals surface area contributed by atoms with E-state index in [-0.39, 0.29) is 5.56 Å². The van der Waals surface area contributed by atoms with Gasteiger partial charge in [0.1, 0.15) is 0 Å². The van der Waals surface area contributed by atoms with Crippen LogP contribution in [0.5, 0.6) is 0 Å². The fraction of sp³-hybridized carbons (Fsp3) is 0.231. The monoisotopic (exact) mass is 279 g/mol. The molecule has 3 rings (SSSR count). The number of H-pyrrole nitrogens is 1. The summed E-state index contributed by atoms with van der Waals surface area (Å²) in [7, 11) is 0. The minimum absolute atomic E-state index is 0.269. The first-order valence-corrected chi connectivity index (χ1v) is 6.00. The largest absolute Gasteiger partial charge is 0.329 e. The highest BCUT2D eigenvalue weighted by atomic mass is 19.3. The van der Waals surface area contributed by atoms with Gasteiger partial charge >= 0.3 is 6.03 Å². The molecular formula is C13H11F2N3O2. The van der Waals surface area contributed by atoms with E-state index in [1.165, 1.54) is 6.20 Å². The van der Waals surface area contributed by atoms with Crippen molar-refractivity contribution in [2.75, 3.05) is 18.4 Å². The lowest BCUT2D eigenvalue weighted by molar-refractivity contribution is -0.107. The maximum atomic E-state index is 12.7. The van der Waals surface area contributed by atoms with Gasteiger partial charge in [0.25, 0.3) is 11.5 Å². The van der Waals surface area contributed by atoms with E-state index in [0.717, 1.165) is 4.90 Å². The molecule has 2 aromatic rings. The van der Waals surface area contributed by atoms with Gasteiger partial charge in [0.15, 0.2) is 0 Å². The van der Waals surface area contributed by atoms with Crippen molar-refractivity contribution < 1.29 is 13.6 Å². The summed E-state index contributed by atoms with van der Waals surface area (Å²) in [5.41, 5.74) is 0.155. The van der Waals surface area contributed by atoms with Gasteiger partial charge in [-0.1, -0.05) is 6.07 Å². The molecule has 2 heterocycles. The van der Waals surface area contributed by atoms with Crippen molar-refractivity contribution in [2.45, 2.75) is 5.92 Å². The number of benzene rings is 1. The Balaban J connectivity index is 1.87. The van der Waals surface area contributed by atoms with E-state index < -0.39 is 25.0 Å². The number of aromatic amines is 1. The molecule has 0 saturated carbocycles. The number of carbonyl (C=O) groups is 1. The van der Waals surface area contributed by atoms with Crippen LogP contribution >= 0.6 is 0 Å². The topological polar surface area (TPSA) is 65.2 Å². The first-order chi connectivity index (χ1) is 9.46. The Labute approximate surface area is 112 Å². The van der Waals surface area contributed by atoms with Gasteiger partial charge in [-0.15, -0.1) is 0 Å². The molecule has 0 unspecified atom stereocenters. The van der Waals surface area contributed by atoms with Crippen molar-refractivity contribution in [1.82, 2.24) is 9.88 Å². The number of hydrogen-bond acceptors (Lipinski definition) is 2. The van der Waals surface area contributed by atoms with Gasteiger partial charge in [-0.2, -0.15) is 0 Å². The third-order valence-corrected chi connectivity index (χ3v) is 3.19. The molecule has 1 aliphatic heterocycles. The van der Waals surface area contributed by atoms with E-state index in [1.54, 1.807) is 24.3 Å². The number of aromatic nitrogens is 1. The highest BCUT2D eigenvalue weighted by Gasteiger charge is 2.46. The third-order valence-electron chi connectivity index (χ3n) is 3.19. The predicted molar refractivity (Wildman–Crippen MR) is 70.1 cm³/mol. The fourth-order valence-electron chi connectivity index (χ4n) is 2.18. The lowest BCUT2D eigenvalue weighted by Gasteiger charge is -2.38. The number of nitrogens with one attached hydrogen (secondary N) is 2. The number of amides is 2. The molecule has 2 N–H and O–H groups in total. The summed E-state index contributed by atoms with van der Waals surface area (Å²) in [6, 6.07) is 5.93. The number of alkyl halides is 2. The Hall–Kier alpha value is -2.44. The molecule has 1 fully saturated rings. The number of pyridine rings is 1. The summed E-state index contributed by atoms with van der Waals surface area (Å²) in [5.74, 6) is -2.80. The van der Waals surface area contributed by atoms with E-state index in [4.69, 9.17) is 0 Å². The van der Waals surface area contributed by atoms with E-state index in [1.807, 2.05) is 0 Å². The van der Waals surface area contributed by atoms with Gasteiger partial charge in [-0.3, -0.25) is 4.79 Å². The number of likely N-dealkylation sites (tertiary alicyclic amines) is 1. The molecule has 0 bridgehead atoms. The van der Waals surface area contributed by atoms with E-state index >= 15 is 0 Å². The summed E-state index contributed by atoms with van der Waals surface area (Å²) in [5, 5.41) is 3.55. The first-order valence-electron chi connectivity index (χ1n) is 6.00. The molecule has 5 nitrogen and oxygen atoms in total. The SMILES string of the molecule is O=C(Nc1cccc2c(=O)[nH]ccc12)N1CC(F)(F)C1. The van der Waals surface area contributed by atoms with Crippen molar-refractivity contribution in [3.63, 3.8) is 0 Å². The van der Waals surface area contributed by atoms with Crippen LogP contribution in [0.3, 0.4) is 0 Å². The van der Waals surface area contributed by atoms with Gasteiger partial charge in [-0.05, 0) is 18.2 Å². The second-order valence-corrected chi connectivity index (χ2v) is 4.72. The van der Waals surface area contributed by atoms with Gasteiger partial charge in [0, 0.05) is 17.0 Å². The van der Waals surface area contributed by atoms with Gasteiger partial charge in [0.2, 0.25) is 0 Å². The molecular weight excluding hydrogens is 268 g/mol. The lowest BCUT2D eigenvalue weighted by atomic mass is 10.1. The van der Waals surface area contributed by atoms with Crippen LogP contribution in [0.25, 0.3) is 10.8 Å². The van der Waals surface area contributed by atoms with Gasteiger partial charge in [-0.25, -0.2) is 13.6 Å². The Morgan fingerprint density at radius 2 is 2.00 bits per heavy atom. The normalized spacial score (nSPS) is 16.8. The molecule has 0 aliphatic carbocycles. The quantitative estimate of drug-likeness (QED) is 0.838. The summed E-state index contributed by atoms with van der Waals surface area (Å²) in [4.78, 5) is 27.0. The van der Waals surface area contributed by atoms with Crippen LogP contribution in [0.15, 0.2) is 35.3 Å². The molecule has 1 aromatic heterocycles. The Morgan fingerprint density at radius 3 is 2.70 bits per heavy atom. The zero-order chi connectivity index (χ0) is 14.3. The zero-order valence-electron chi connectivity index (χ0n) is 10.3. The van der Waals surface area contributed by atoms with E-state index in [0.29, 0.717) is 16.5 Å². The maximum absolute atomic E-state index is 12.7. The molecule has 104 valence electrons. The van der Waals surface area contributed by atoms with Crippen LogP contribution in [-0.2, 0) is 0 Å². The Bertz CT molecular complexity index is 734. The van der Waals surface area contributed by atoms with Crippen molar-refractivity contribution in [2.24, 2.45) is 0 Å². The molecule has 1 aromatic carbocycles. The second-order valence-electron chi connectivity index (χ2n) is 4.72. The van der Waals surface area contributed by atoms with Crippen molar-refractivity contribution in [3.8, 4) is 0 Å². The maximum Gasteiger partial charge on any atom is 0.322 e. The van der Waals surface area contributed by atoms with Gasteiger partial charge in [0.05, 0.1) is 18.8 Å².